The molecule has 2 aromatic carbocycles. The molecule has 2 aromatic rings. The molecule has 3 rings (SSSR count). The number of carbonyl (C=O) groups is 2. The average molecular weight is 351 g/mol. The molecule has 0 aromatic heterocycles. The van der Waals surface area contributed by atoms with Crippen molar-refractivity contribution in [1.82, 2.24) is 0 Å². The van der Waals surface area contributed by atoms with E-state index < -0.39 is 5.41 Å². The van der Waals surface area contributed by atoms with Gasteiger partial charge in [0.2, 0.25) is 5.91 Å². The third-order valence-corrected chi connectivity index (χ3v) is 5.13. The van der Waals surface area contributed by atoms with Crippen molar-refractivity contribution < 1.29 is 14.3 Å². The Kier molecular flexibility index (Phi) is 5.12. The number of amides is 1. The zero-order valence-corrected chi connectivity index (χ0v) is 15.6. The number of esters is 1. The third-order valence-electron chi connectivity index (χ3n) is 5.13. The van der Waals surface area contributed by atoms with E-state index in [4.69, 9.17) is 4.74 Å². The van der Waals surface area contributed by atoms with Crippen LogP contribution >= 0.6 is 0 Å². The van der Waals surface area contributed by atoms with Crippen molar-refractivity contribution in [1.29, 1.82) is 0 Å². The number of hydrogen-bond donors (Lipinski definition) is 1. The molecule has 0 radical (unpaired) electrons. The first kappa shape index (κ1) is 18.2. The first-order valence-electron chi connectivity index (χ1n) is 9.09. The summed E-state index contributed by atoms with van der Waals surface area (Å²) in [6.45, 7) is 6.48. The van der Waals surface area contributed by atoms with E-state index in [2.05, 4.69) is 31.3 Å². The highest BCUT2D eigenvalue weighted by Crippen LogP contribution is 2.32. The van der Waals surface area contributed by atoms with Crippen molar-refractivity contribution in [3.63, 3.8) is 0 Å². The van der Waals surface area contributed by atoms with Crippen LogP contribution in [0.2, 0.25) is 0 Å². The average Bonchev–Trinajstić information content (AvgIpc) is 2.98. The number of anilines is 1. The summed E-state index contributed by atoms with van der Waals surface area (Å²) in [6, 6.07) is 13.5. The highest BCUT2D eigenvalue weighted by Gasteiger charge is 2.33. The minimum absolute atomic E-state index is 0.00722. The molecule has 1 heterocycles. The quantitative estimate of drug-likeness (QED) is 0.771. The lowest BCUT2D eigenvalue weighted by Crippen LogP contribution is -2.35. The van der Waals surface area contributed by atoms with Gasteiger partial charge in [0, 0.05) is 11.3 Å². The molecule has 0 spiro atoms. The van der Waals surface area contributed by atoms with Gasteiger partial charge >= 0.3 is 5.97 Å². The van der Waals surface area contributed by atoms with Crippen molar-refractivity contribution in [3.8, 4) is 0 Å². The molecule has 0 fully saturated rings. The topological polar surface area (TPSA) is 55.4 Å². The van der Waals surface area contributed by atoms with Gasteiger partial charge in [-0.3, -0.25) is 4.79 Å². The van der Waals surface area contributed by atoms with Gasteiger partial charge in [-0.2, -0.15) is 0 Å². The Labute approximate surface area is 154 Å². The molecule has 0 bridgehead atoms. The maximum Gasteiger partial charge on any atom is 0.338 e. The number of aryl methyl sites for hydroxylation is 1. The van der Waals surface area contributed by atoms with Gasteiger partial charge in [0.15, 0.2) is 0 Å². The second-order valence-corrected chi connectivity index (χ2v) is 7.32. The van der Waals surface area contributed by atoms with Crippen molar-refractivity contribution in [2.45, 2.75) is 46.6 Å². The van der Waals surface area contributed by atoms with Crippen LogP contribution in [0, 0.1) is 12.3 Å². The van der Waals surface area contributed by atoms with Crippen molar-refractivity contribution in [3.05, 3.63) is 64.7 Å². The van der Waals surface area contributed by atoms with E-state index in [1.165, 1.54) is 11.1 Å². The highest BCUT2D eigenvalue weighted by atomic mass is 16.5. The van der Waals surface area contributed by atoms with Crippen LogP contribution in [-0.4, -0.2) is 11.9 Å². The van der Waals surface area contributed by atoms with Crippen LogP contribution in [0.4, 0.5) is 5.69 Å². The molecule has 1 N–H and O–H groups in total. The van der Waals surface area contributed by atoms with Gasteiger partial charge in [0.1, 0.15) is 6.61 Å². The van der Waals surface area contributed by atoms with E-state index in [0.717, 1.165) is 18.4 Å². The van der Waals surface area contributed by atoms with Gasteiger partial charge in [-0.25, -0.2) is 4.79 Å². The van der Waals surface area contributed by atoms with Crippen LogP contribution in [0.5, 0.6) is 0 Å². The third kappa shape index (κ3) is 3.64. The molecule has 1 amide bonds. The van der Waals surface area contributed by atoms with E-state index >= 15 is 0 Å². The summed E-state index contributed by atoms with van der Waals surface area (Å²) < 4.78 is 5.03. The standard InChI is InChI=1S/C22H25NO3/c1-4-11-22(3,13-16-8-6-5-7-15(16)2)21(25)23-18-9-10-19-17(12-18)14-26-20(19)24/h5-10,12H,4,11,13-14H2,1-3H3,(H,23,25). The number of cyclic esters (lactones) is 1. The summed E-state index contributed by atoms with van der Waals surface area (Å²) in [5, 5.41) is 3.05. The molecular weight excluding hydrogens is 326 g/mol. The number of rotatable bonds is 6. The normalized spacial score (nSPS) is 15.1. The lowest BCUT2D eigenvalue weighted by atomic mass is 9.78. The molecule has 0 saturated heterocycles. The Morgan fingerprint density at radius 2 is 2.00 bits per heavy atom. The van der Waals surface area contributed by atoms with E-state index in [9.17, 15) is 9.59 Å². The molecular formula is C22H25NO3. The van der Waals surface area contributed by atoms with Gasteiger partial charge in [-0.05, 0) is 49.1 Å². The second kappa shape index (κ2) is 7.32. The van der Waals surface area contributed by atoms with Gasteiger partial charge in [0.25, 0.3) is 0 Å². The van der Waals surface area contributed by atoms with Crippen molar-refractivity contribution in [2.24, 2.45) is 5.41 Å². The first-order chi connectivity index (χ1) is 12.4. The fraction of sp³-hybridized carbons (Fsp3) is 0.364. The molecule has 4 nitrogen and oxygen atoms in total. The fourth-order valence-electron chi connectivity index (χ4n) is 3.56. The molecule has 0 aliphatic carbocycles. The molecule has 4 heteroatoms. The highest BCUT2D eigenvalue weighted by molar-refractivity contribution is 5.97. The Morgan fingerprint density at radius 1 is 1.23 bits per heavy atom. The number of fused-ring (bicyclic) bond motifs is 1. The summed E-state index contributed by atoms with van der Waals surface area (Å²) >= 11 is 0. The van der Waals surface area contributed by atoms with Crippen LogP contribution < -0.4 is 5.32 Å². The monoisotopic (exact) mass is 351 g/mol. The predicted molar refractivity (Wildman–Crippen MR) is 102 cm³/mol. The molecule has 26 heavy (non-hydrogen) atoms. The summed E-state index contributed by atoms with van der Waals surface area (Å²) in [5.41, 5.74) is 4.02. The number of hydrogen-bond acceptors (Lipinski definition) is 3. The Bertz CT molecular complexity index is 843. The number of carbonyl (C=O) groups excluding carboxylic acids is 2. The van der Waals surface area contributed by atoms with Crippen LogP contribution in [0.3, 0.4) is 0 Å². The largest absolute Gasteiger partial charge is 0.457 e. The molecule has 1 aliphatic heterocycles. The zero-order chi connectivity index (χ0) is 18.7. The SMILES string of the molecule is CCCC(C)(Cc1ccccc1C)C(=O)Nc1ccc2c(c1)COC2=O. The molecule has 136 valence electrons. The minimum atomic E-state index is -0.494. The maximum atomic E-state index is 13.1. The molecule has 0 saturated carbocycles. The minimum Gasteiger partial charge on any atom is -0.457 e. The summed E-state index contributed by atoms with van der Waals surface area (Å²) in [7, 11) is 0. The zero-order valence-electron chi connectivity index (χ0n) is 15.6. The van der Waals surface area contributed by atoms with Gasteiger partial charge < -0.3 is 10.1 Å². The molecule has 1 aliphatic rings. The van der Waals surface area contributed by atoms with Gasteiger partial charge in [0.05, 0.1) is 11.0 Å². The Morgan fingerprint density at radius 3 is 2.73 bits per heavy atom. The molecule has 1 unspecified atom stereocenters. The van der Waals surface area contributed by atoms with Crippen LogP contribution in [0.1, 0.15) is 53.7 Å². The van der Waals surface area contributed by atoms with Gasteiger partial charge in [-0.1, -0.05) is 44.5 Å². The van der Waals surface area contributed by atoms with Crippen molar-refractivity contribution in [2.75, 3.05) is 5.32 Å². The lowest BCUT2D eigenvalue weighted by Gasteiger charge is -2.29. The van der Waals surface area contributed by atoms with E-state index in [1.807, 2.05) is 25.1 Å². The van der Waals surface area contributed by atoms with E-state index in [-0.39, 0.29) is 18.5 Å². The Balaban J connectivity index is 1.80. The summed E-state index contributed by atoms with van der Waals surface area (Å²) in [6.07, 6.45) is 2.44. The van der Waals surface area contributed by atoms with E-state index in [0.29, 0.717) is 17.7 Å². The van der Waals surface area contributed by atoms with Gasteiger partial charge in [-0.15, -0.1) is 0 Å². The smallest absolute Gasteiger partial charge is 0.338 e. The van der Waals surface area contributed by atoms with Crippen molar-refractivity contribution >= 4 is 17.6 Å². The maximum absolute atomic E-state index is 13.1. The number of benzene rings is 2. The summed E-state index contributed by atoms with van der Waals surface area (Å²) in [4.78, 5) is 24.7. The second-order valence-electron chi connectivity index (χ2n) is 7.32. The fourth-order valence-corrected chi connectivity index (χ4v) is 3.56. The number of nitrogens with one attached hydrogen (secondary N) is 1. The van der Waals surface area contributed by atoms with Crippen LogP contribution in [0.15, 0.2) is 42.5 Å². The van der Waals surface area contributed by atoms with E-state index in [1.54, 1.807) is 12.1 Å². The van der Waals surface area contributed by atoms with Crippen LogP contribution in [-0.2, 0) is 22.6 Å². The summed E-state index contributed by atoms with van der Waals surface area (Å²) in [5.74, 6) is -0.291. The van der Waals surface area contributed by atoms with Crippen LogP contribution in [0.25, 0.3) is 0 Å². The first-order valence-corrected chi connectivity index (χ1v) is 9.09. The Hall–Kier alpha value is -2.62. The molecule has 1 atom stereocenters. The lowest BCUT2D eigenvalue weighted by molar-refractivity contribution is -0.125. The predicted octanol–water partition coefficient (Wildman–Crippen LogP) is 4.65. The number of ether oxygens (including phenoxy) is 1.